The number of ether oxygens (including phenoxy) is 1. The van der Waals surface area contributed by atoms with Gasteiger partial charge < -0.3 is 4.74 Å². The molecule has 1 rings (SSSR count). The van der Waals surface area contributed by atoms with E-state index in [9.17, 15) is 4.79 Å². The van der Waals surface area contributed by atoms with Crippen molar-refractivity contribution < 1.29 is 9.53 Å². The minimum absolute atomic E-state index is 0.0237. The Morgan fingerprint density at radius 1 is 1.29 bits per heavy atom. The number of carbonyl (C=O) groups excluding carboxylic acids is 1. The quantitative estimate of drug-likeness (QED) is 0.637. The van der Waals surface area contributed by atoms with Crippen molar-refractivity contribution in [2.75, 3.05) is 0 Å². The molecule has 1 aliphatic carbocycles. The molecule has 0 radical (unpaired) electrons. The van der Waals surface area contributed by atoms with Crippen LogP contribution < -0.4 is 0 Å². The van der Waals surface area contributed by atoms with Crippen molar-refractivity contribution >= 4 is 5.97 Å². The van der Waals surface area contributed by atoms with Crippen molar-refractivity contribution in [3.63, 3.8) is 0 Å². The summed E-state index contributed by atoms with van der Waals surface area (Å²) in [5.41, 5.74) is -0.343. The first-order valence-electron chi connectivity index (χ1n) is 5.63. The molecule has 14 heavy (non-hydrogen) atoms. The van der Waals surface area contributed by atoms with Gasteiger partial charge in [-0.05, 0) is 39.5 Å². The highest BCUT2D eigenvalue weighted by atomic mass is 16.6. The molecule has 0 heterocycles. The van der Waals surface area contributed by atoms with Crippen LogP contribution in [0.4, 0.5) is 0 Å². The summed E-state index contributed by atoms with van der Waals surface area (Å²) < 4.78 is 5.37. The summed E-state index contributed by atoms with van der Waals surface area (Å²) in [7, 11) is 0. The van der Waals surface area contributed by atoms with Crippen LogP contribution in [0.3, 0.4) is 0 Å². The Labute approximate surface area is 87.0 Å². The highest BCUT2D eigenvalue weighted by molar-refractivity contribution is 5.72. The Balaban J connectivity index is 2.43. The standard InChI is InChI=1S/C12H22O2/c1-9(10-7-5-6-8-10)11(13)14-12(2,3)4/h9-10H,5-8H2,1-4H3. The van der Waals surface area contributed by atoms with Crippen LogP contribution in [0.25, 0.3) is 0 Å². The molecule has 1 unspecified atom stereocenters. The summed E-state index contributed by atoms with van der Waals surface area (Å²) in [5, 5.41) is 0. The van der Waals surface area contributed by atoms with Crippen molar-refractivity contribution in [3.8, 4) is 0 Å². The van der Waals surface area contributed by atoms with Crippen molar-refractivity contribution in [2.24, 2.45) is 11.8 Å². The summed E-state index contributed by atoms with van der Waals surface area (Å²) in [6.45, 7) is 7.77. The predicted octanol–water partition coefficient (Wildman–Crippen LogP) is 3.15. The van der Waals surface area contributed by atoms with Gasteiger partial charge in [-0.1, -0.05) is 19.8 Å². The van der Waals surface area contributed by atoms with E-state index >= 15 is 0 Å². The van der Waals surface area contributed by atoms with E-state index in [0.29, 0.717) is 5.92 Å². The van der Waals surface area contributed by atoms with Crippen LogP contribution in [0.5, 0.6) is 0 Å². The molecule has 1 fully saturated rings. The normalized spacial score (nSPS) is 20.9. The second-order valence-corrected chi connectivity index (χ2v) is 5.37. The lowest BCUT2D eigenvalue weighted by molar-refractivity contribution is -0.161. The van der Waals surface area contributed by atoms with Crippen molar-refractivity contribution in [1.82, 2.24) is 0 Å². The van der Waals surface area contributed by atoms with E-state index < -0.39 is 0 Å². The fourth-order valence-corrected chi connectivity index (χ4v) is 2.04. The fourth-order valence-electron chi connectivity index (χ4n) is 2.04. The predicted molar refractivity (Wildman–Crippen MR) is 57.0 cm³/mol. The number of hydrogen-bond acceptors (Lipinski definition) is 2. The van der Waals surface area contributed by atoms with E-state index in [4.69, 9.17) is 4.74 Å². The molecule has 0 aromatic rings. The summed E-state index contributed by atoms with van der Waals surface area (Å²) in [5.74, 6) is 0.617. The van der Waals surface area contributed by atoms with Gasteiger partial charge in [0.25, 0.3) is 0 Å². The van der Waals surface area contributed by atoms with Crippen LogP contribution in [0.2, 0.25) is 0 Å². The highest BCUT2D eigenvalue weighted by Crippen LogP contribution is 2.32. The fraction of sp³-hybridized carbons (Fsp3) is 0.917. The molecule has 0 aromatic carbocycles. The van der Waals surface area contributed by atoms with Gasteiger partial charge in [0, 0.05) is 0 Å². The van der Waals surface area contributed by atoms with E-state index in [1.165, 1.54) is 25.7 Å². The van der Waals surface area contributed by atoms with Crippen molar-refractivity contribution in [1.29, 1.82) is 0 Å². The molecule has 0 saturated heterocycles. The second kappa shape index (κ2) is 4.33. The maximum Gasteiger partial charge on any atom is 0.309 e. The Hall–Kier alpha value is -0.530. The van der Waals surface area contributed by atoms with Crippen LogP contribution in [-0.2, 0) is 9.53 Å². The number of esters is 1. The molecule has 0 aliphatic heterocycles. The molecule has 0 spiro atoms. The van der Waals surface area contributed by atoms with Gasteiger partial charge >= 0.3 is 5.97 Å². The minimum atomic E-state index is -0.343. The topological polar surface area (TPSA) is 26.3 Å². The summed E-state index contributed by atoms with van der Waals surface area (Å²) >= 11 is 0. The van der Waals surface area contributed by atoms with Crippen molar-refractivity contribution in [2.45, 2.75) is 59.0 Å². The lowest BCUT2D eigenvalue weighted by atomic mass is 9.92. The Morgan fingerprint density at radius 3 is 2.21 bits per heavy atom. The zero-order chi connectivity index (χ0) is 10.8. The first-order valence-corrected chi connectivity index (χ1v) is 5.63. The highest BCUT2D eigenvalue weighted by Gasteiger charge is 2.30. The van der Waals surface area contributed by atoms with Gasteiger partial charge in [-0.15, -0.1) is 0 Å². The first-order chi connectivity index (χ1) is 6.40. The van der Waals surface area contributed by atoms with Gasteiger partial charge in [0.2, 0.25) is 0 Å². The van der Waals surface area contributed by atoms with Gasteiger partial charge in [-0.25, -0.2) is 0 Å². The molecular formula is C12H22O2. The smallest absolute Gasteiger partial charge is 0.309 e. The third-order valence-corrected chi connectivity index (χ3v) is 2.89. The van der Waals surface area contributed by atoms with Crippen LogP contribution in [0, 0.1) is 11.8 Å². The van der Waals surface area contributed by atoms with Crippen LogP contribution in [-0.4, -0.2) is 11.6 Å². The molecular weight excluding hydrogens is 176 g/mol. The van der Waals surface area contributed by atoms with E-state index in [0.717, 1.165) is 0 Å². The van der Waals surface area contributed by atoms with E-state index in [2.05, 4.69) is 0 Å². The minimum Gasteiger partial charge on any atom is -0.460 e. The molecule has 2 heteroatoms. The number of carbonyl (C=O) groups is 1. The summed E-state index contributed by atoms with van der Waals surface area (Å²) in [6.07, 6.45) is 4.94. The molecule has 82 valence electrons. The van der Waals surface area contributed by atoms with Crippen LogP contribution >= 0.6 is 0 Å². The van der Waals surface area contributed by atoms with Crippen LogP contribution in [0.1, 0.15) is 53.4 Å². The first kappa shape index (κ1) is 11.5. The SMILES string of the molecule is CC(C(=O)OC(C)(C)C)C1CCCC1. The molecule has 0 amide bonds. The Bertz CT molecular complexity index is 197. The van der Waals surface area contributed by atoms with Gasteiger partial charge in [0.05, 0.1) is 5.92 Å². The van der Waals surface area contributed by atoms with E-state index in [1.807, 2.05) is 27.7 Å². The second-order valence-electron chi connectivity index (χ2n) is 5.37. The molecule has 0 bridgehead atoms. The lowest BCUT2D eigenvalue weighted by Gasteiger charge is -2.24. The van der Waals surface area contributed by atoms with Gasteiger partial charge in [0.1, 0.15) is 5.60 Å². The average molecular weight is 198 g/mol. The Morgan fingerprint density at radius 2 is 1.79 bits per heavy atom. The molecule has 0 aromatic heterocycles. The lowest BCUT2D eigenvalue weighted by Crippen LogP contribution is -2.30. The summed E-state index contributed by atoms with van der Waals surface area (Å²) in [6, 6.07) is 0. The summed E-state index contributed by atoms with van der Waals surface area (Å²) in [4.78, 5) is 11.7. The molecule has 0 N–H and O–H groups in total. The van der Waals surface area contributed by atoms with E-state index in [-0.39, 0.29) is 17.5 Å². The Kier molecular flexibility index (Phi) is 3.57. The zero-order valence-corrected chi connectivity index (χ0v) is 9.80. The third-order valence-electron chi connectivity index (χ3n) is 2.89. The monoisotopic (exact) mass is 198 g/mol. The number of hydrogen-bond donors (Lipinski definition) is 0. The average Bonchev–Trinajstić information content (AvgIpc) is 2.51. The zero-order valence-electron chi connectivity index (χ0n) is 9.80. The molecule has 1 saturated carbocycles. The third kappa shape index (κ3) is 3.32. The van der Waals surface area contributed by atoms with Gasteiger partial charge in [-0.3, -0.25) is 4.79 Å². The maximum atomic E-state index is 11.7. The largest absolute Gasteiger partial charge is 0.460 e. The number of rotatable bonds is 2. The van der Waals surface area contributed by atoms with E-state index in [1.54, 1.807) is 0 Å². The molecule has 1 atom stereocenters. The van der Waals surface area contributed by atoms with Gasteiger partial charge in [-0.2, -0.15) is 0 Å². The van der Waals surface area contributed by atoms with Gasteiger partial charge in [0.15, 0.2) is 0 Å². The molecule has 1 aliphatic rings. The maximum absolute atomic E-state index is 11.7. The molecule has 2 nitrogen and oxygen atoms in total. The van der Waals surface area contributed by atoms with Crippen LogP contribution in [0.15, 0.2) is 0 Å². The van der Waals surface area contributed by atoms with Crippen molar-refractivity contribution in [3.05, 3.63) is 0 Å².